The summed E-state index contributed by atoms with van der Waals surface area (Å²) in [5, 5.41) is 31.8. The van der Waals surface area contributed by atoms with Gasteiger partial charge in [-0.25, -0.2) is 9.67 Å². The van der Waals surface area contributed by atoms with Crippen molar-refractivity contribution in [3.05, 3.63) is 41.3 Å². The van der Waals surface area contributed by atoms with E-state index in [1.165, 1.54) is 23.1 Å². The van der Waals surface area contributed by atoms with Gasteiger partial charge in [0.15, 0.2) is 0 Å². The largest absolute Gasteiger partial charge is 0.394 e. The summed E-state index contributed by atoms with van der Waals surface area (Å²) in [5.41, 5.74) is 1.59. The molecule has 5 unspecified atom stereocenters. The van der Waals surface area contributed by atoms with Gasteiger partial charge in [-0.3, -0.25) is 4.98 Å². The van der Waals surface area contributed by atoms with E-state index in [0.717, 1.165) is 15.6 Å². The molecule has 4 heterocycles. The Morgan fingerprint density at radius 2 is 2.26 bits per heavy atom. The lowest BCUT2D eigenvalue weighted by atomic mass is 9.97. The van der Waals surface area contributed by atoms with Gasteiger partial charge >= 0.3 is 0 Å². The summed E-state index contributed by atoms with van der Waals surface area (Å²) in [6.45, 7) is 1.55. The van der Waals surface area contributed by atoms with E-state index in [2.05, 4.69) is 26.2 Å². The molecule has 0 bridgehead atoms. The summed E-state index contributed by atoms with van der Waals surface area (Å²) >= 11 is 2.82. The van der Waals surface area contributed by atoms with Gasteiger partial charge in [0.2, 0.25) is 0 Å². The van der Waals surface area contributed by atoms with Crippen LogP contribution in [-0.4, -0.2) is 72.6 Å². The average Bonchev–Trinajstić information content (AvgIpc) is 3.43. The van der Waals surface area contributed by atoms with Crippen molar-refractivity contribution in [1.82, 2.24) is 25.0 Å². The molecule has 5 atom stereocenters. The first-order valence-corrected chi connectivity index (χ1v) is 11.2. The van der Waals surface area contributed by atoms with Crippen LogP contribution in [-0.2, 0) is 9.47 Å². The maximum absolute atomic E-state index is 10.9. The van der Waals surface area contributed by atoms with Crippen LogP contribution in [0.15, 0.2) is 34.9 Å². The summed E-state index contributed by atoms with van der Waals surface area (Å²) in [6.07, 6.45) is 7.99. The van der Waals surface area contributed by atoms with Crippen molar-refractivity contribution in [3.8, 4) is 23.0 Å². The minimum Gasteiger partial charge on any atom is -0.394 e. The number of nitrogens with zero attached hydrogens (tertiary/aromatic N) is 5. The Morgan fingerprint density at radius 1 is 1.42 bits per heavy atom. The van der Waals surface area contributed by atoms with Gasteiger partial charge in [0.25, 0.3) is 0 Å². The Labute approximate surface area is 187 Å². The van der Waals surface area contributed by atoms with Crippen LogP contribution >= 0.6 is 23.1 Å². The summed E-state index contributed by atoms with van der Waals surface area (Å²) in [7, 11) is 1.54. The lowest BCUT2D eigenvalue weighted by molar-refractivity contribution is -0.186. The molecule has 1 saturated heterocycles. The first-order chi connectivity index (χ1) is 15.0. The van der Waals surface area contributed by atoms with Crippen LogP contribution in [0.1, 0.15) is 17.3 Å². The van der Waals surface area contributed by atoms with Crippen molar-refractivity contribution in [2.75, 3.05) is 13.7 Å². The number of hydrogen-bond acceptors (Lipinski definition) is 10. The Morgan fingerprint density at radius 3 is 2.94 bits per heavy atom. The van der Waals surface area contributed by atoms with E-state index in [9.17, 15) is 10.2 Å². The normalized spacial score (nSPS) is 26.0. The van der Waals surface area contributed by atoms with Crippen LogP contribution in [0.3, 0.4) is 0 Å². The highest BCUT2D eigenvalue weighted by atomic mass is 32.2. The van der Waals surface area contributed by atoms with Crippen molar-refractivity contribution in [3.63, 3.8) is 0 Å². The number of thiazole rings is 1. The predicted octanol–water partition coefficient (Wildman–Crippen LogP) is 1.51. The van der Waals surface area contributed by atoms with Gasteiger partial charge in [-0.1, -0.05) is 22.9 Å². The van der Waals surface area contributed by atoms with Gasteiger partial charge in [0.05, 0.1) is 12.8 Å². The highest BCUT2D eigenvalue weighted by Gasteiger charge is 2.47. The number of thioether (sulfide) groups is 1. The molecule has 1 fully saturated rings. The van der Waals surface area contributed by atoms with Gasteiger partial charge < -0.3 is 19.7 Å². The molecule has 2 N–H and O–H groups in total. The number of hydrogen-bond donors (Lipinski definition) is 2. The molecule has 0 aromatic carbocycles. The molecule has 0 amide bonds. The van der Waals surface area contributed by atoms with Crippen LogP contribution < -0.4 is 0 Å². The first kappa shape index (κ1) is 21.9. The second-order valence-corrected chi connectivity index (χ2v) is 8.99. The van der Waals surface area contributed by atoms with Crippen molar-refractivity contribution in [2.45, 2.75) is 41.6 Å². The molecule has 1 aliphatic rings. The number of terminal acetylenes is 1. The fraction of sp³-hybridized carbons (Fsp3) is 0.400. The smallest absolute Gasteiger partial charge is 0.145 e. The van der Waals surface area contributed by atoms with Crippen molar-refractivity contribution < 1.29 is 19.7 Å². The SMILES string of the molecule is C#Cc1cncc(SC2OC(CO)C(O)C(n3cc(-c4nc(C)cs4)nn3)C2OC)c1. The molecular formula is C20H21N5O4S2. The minimum absolute atomic E-state index is 0.360. The molecule has 0 radical (unpaired) electrons. The van der Waals surface area contributed by atoms with Crippen molar-refractivity contribution >= 4 is 23.1 Å². The van der Waals surface area contributed by atoms with E-state index in [1.807, 2.05) is 18.4 Å². The topological polar surface area (TPSA) is 115 Å². The molecule has 3 aromatic heterocycles. The van der Waals surface area contributed by atoms with Crippen LogP contribution in [0.4, 0.5) is 0 Å². The van der Waals surface area contributed by atoms with E-state index < -0.39 is 29.8 Å². The third-order valence-corrected chi connectivity index (χ3v) is 6.97. The fourth-order valence-corrected chi connectivity index (χ4v) is 5.33. The van der Waals surface area contributed by atoms with Gasteiger partial charge in [0, 0.05) is 41.0 Å². The van der Waals surface area contributed by atoms with Gasteiger partial charge in [-0.05, 0) is 13.0 Å². The van der Waals surface area contributed by atoms with E-state index in [0.29, 0.717) is 11.3 Å². The molecule has 0 saturated carbocycles. The second-order valence-electron chi connectivity index (χ2n) is 6.96. The lowest BCUT2D eigenvalue weighted by Crippen LogP contribution is -2.55. The van der Waals surface area contributed by atoms with Crippen molar-refractivity contribution in [2.24, 2.45) is 0 Å². The number of pyridine rings is 1. The summed E-state index contributed by atoms with van der Waals surface area (Å²) in [4.78, 5) is 9.37. The predicted molar refractivity (Wildman–Crippen MR) is 115 cm³/mol. The van der Waals surface area contributed by atoms with Crippen LogP contribution in [0, 0.1) is 19.3 Å². The van der Waals surface area contributed by atoms with E-state index in [-0.39, 0.29) is 6.61 Å². The molecule has 162 valence electrons. The Balaban J connectivity index is 1.65. The summed E-state index contributed by atoms with van der Waals surface area (Å²) in [6, 6.07) is 1.18. The average molecular weight is 460 g/mol. The quantitative estimate of drug-likeness (QED) is 0.529. The summed E-state index contributed by atoms with van der Waals surface area (Å²) in [5.74, 6) is 2.56. The molecule has 4 rings (SSSR count). The number of aliphatic hydroxyl groups excluding tert-OH is 2. The van der Waals surface area contributed by atoms with Gasteiger partial charge in [-0.2, -0.15) is 0 Å². The van der Waals surface area contributed by atoms with Gasteiger partial charge in [0.1, 0.15) is 40.5 Å². The number of aromatic nitrogens is 5. The number of ether oxygens (including phenoxy) is 2. The zero-order valence-corrected chi connectivity index (χ0v) is 18.5. The van der Waals surface area contributed by atoms with Crippen LogP contribution in [0.5, 0.6) is 0 Å². The van der Waals surface area contributed by atoms with E-state index >= 15 is 0 Å². The zero-order chi connectivity index (χ0) is 22.0. The molecule has 1 aliphatic heterocycles. The van der Waals surface area contributed by atoms with Crippen LogP contribution in [0.25, 0.3) is 10.7 Å². The number of rotatable bonds is 6. The second kappa shape index (κ2) is 9.44. The molecule has 31 heavy (non-hydrogen) atoms. The standard InChI is InChI=1S/C20H21N5O4S2/c1-4-12-5-13(7-21-6-12)31-20-18(28-3)16(17(27)15(9-26)29-20)25-8-14(23-24-25)19-22-11(2)10-30-19/h1,5-8,10,15-18,20,26-27H,9H2,2-3H3. The molecule has 3 aromatic rings. The molecule has 0 spiro atoms. The Hall–Kier alpha value is -2.33. The highest BCUT2D eigenvalue weighted by Crippen LogP contribution is 2.39. The van der Waals surface area contributed by atoms with Crippen molar-refractivity contribution in [1.29, 1.82) is 0 Å². The third-order valence-electron chi connectivity index (χ3n) is 4.88. The summed E-state index contributed by atoms with van der Waals surface area (Å²) < 4.78 is 13.2. The number of aryl methyl sites for hydroxylation is 1. The van der Waals surface area contributed by atoms with Crippen LogP contribution in [0.2, 0.25) is 0 Å². The molecular weight excluding hydrogens is 438 g/mol. The maximum Gasteiger partial charge on any atom is 0.145 e. The highest BCUT2D eigenvalue weighted by molar-refractivity contribution is 7.99. The third kappa shape index (κ3) is 4.50. The van der Waals surface area contributed by atoms with E-state index in [4.69, 9.17) is 15.9 Å². The molecule has 9 nitrogen and oxygen atoms in total. The Bertz CT molecular complexity index is 1080. The lowest BCUT2D eigenvalue weighted by Gasteiger charge is -2.43. The number of methoxy groups -OCH3 is 1. The zero-order valence-electron chi connectivity index (χ0n) is 16.8. The molecule has 0 aliphatic carbocycles. The monoisotopic (exact) mass is 459 g/mol. The minimum atomic E-state index is -1.06. The number of aliphatic hydroxyl groups is 2. The van der Waals surface area contributed by atoms with E-state index in [1.54, 1.807) is 30.4 Å². The first-order valence-electron chi connectivity index (χ1n) is 9.44. The Kier molecular flexibility index (Phi) is 6.66. The fourth-order valence-electron chi connectivity index (χ4n) is 3.40. The maximum atomic E-state index is 10.9. The molecule has 11 heteroatoms. The van der Waals surface area contributed by atoms with Gasteiger partial charge in [-0.15, -0.1) is 22.9 Å².